The van der Waals surface area contributed by atoms with Gasteiger partial charge in [-0.15, -0.1) is 5.10 Å². The first-order valence-electron chi connectivity index (χ1n) is 5.28. The number of amides is 1. The second-order valence-corrected chi connectivity index (χ2v) is 4.06. The maximum absolute atomic E-state index is 11.7. The number of rotatable bonds is 6. The molecule has 0 unspecified atom stereocenters. The molecule has 0 aliphatic rings. The Hall–Kier alpha value is -1.95. The molecule has 1 aromatic heterocycles. The van der Waals surface area contributed by atoms with Gasteiger partial charge in [0.2, 0.25) is 11.1 Å². The lowest BCUT2D eigenvalue weighted by Crippen LogP contribution is -2.23. The Labute approximate surface area is 110 Å². The van der Waals surface area contributed by atoms with Gasteiger partial charge in [-0.25, -0.2) is 4.98 Å². The first kappa shape index (κ1) is 14.1. The second kappa shape index (κ2) is 8.19. The minimum Gasteiger partial charge on any atom is -0.325 e. The van der Waals surface area contributed by atoms with Crippen LogP contribution < -0.4 is 5.32 Å². The Balaban J connectivity index is 2.46. The van der Waals surface area contributed by atoms with Gasteiger partial charge in [-0.2, -0.15) is 5.10 Å². The topological polar surface area (TPSA) is 67.8 Å². The molecule has 0 radical (unpaired) electrons. The molecule has 0 fully saturated rings. The number of aromatic nitrogens is 3. The van der Waals surface area contributed by atoms with Crippen molar-refractivity contribution >= 4 is 17.7 Å². The number of nitrogens with one attached hydrogen (secondary N) is 1. The largest absolute Gasteiger partial charge is 0.325 e. The average Bonchev–Trinajstić information content (AvgIpc) is 2.38. The molecule has 1 N–H and O–H groups in total. The fourth-order valence-electron chi connectivity index (χ4n) is 1.07. The van der Waals surface area contributed by atoms with Crippen LogP contribution >= 0.6 is 11.8 Å². The summed E-state index contributed by atoms with van der Waals surface area (Å²) in [5, 5.41) is 10.7. The first-order valence-corrected chi connectivity index (χ1v) is 6.26. The number of carbonyl (C=O) groups is 1. The molecule has 0 spiro atoms. The highest BCUT2D eigenvalue weighted by Crippen LogP contribution is 2.09. The van der Waals surface area contributed by atoms with Gasteiger partial charge >= 0.3 is 0 Å². The van der Waals surface area contributed by atoms with Gasteiger partial charge in [0.25, 0.3) is 0 Å². The molecule has 5 nitrogen and oxygen atoms in total. The molecular weight excluding hydrogens is 248 g/mol. The van der Waals surface area contributed by atoms with Crippen molar-refractivity contribution in [2.45, 2.75) is 12.1 Å². The van der Waals surface area contributed by atoms with Gasteiger partial charge in [0.15, 0.2) is 0 Å². The summed E-state index contributed by atoms with van der Waals surface area (Å²) in [6.07, 6.45) is 10.0. The maximum atomic E-state index is 11.7. The van der Waals surface area contributed by atoms with Crippen molar-refractivity contribution in [3.05, 3.63) is 49.0 Å². The van der Waals surface area contributed by atoms with E-state index in [-0.39, 0.29) is 11.7 Å². The smallest absolute Gasteiger partial charge is 0.234 e. The van der Waals surface area contributed by atoms with E-state index in [0.717, 1.165) is 0 Å². The Bertz CT molecular complexity index is 456. The van der Waals surface area contributed by atoms with Crippen LogP contribution in [-0.4, -0.2) is 26.8 Å². The van der Waals surface area contributed by atoms with E-state index in [1.807, 2.05) is 13.0 Å². The minimum atomic E-state index is -0.126. The van der Waals surface area contributed by atoms with Gasteiger partial charge in [-0.05, 0) is 19.1 Å². The Morgan fingerprint density at radius 3 is 3.00 bits per heavy atom. The van der Waals surface area contributed by atoms with Crippen LogP contribution in [0.1, 0.15) is 6.92 Å². The van der Waals surface area contributed by atoms with Gasteiger partial charge in [0.1, 0.15) is 0 Å². The van der Waals surface area contributed by atoms with E-state index in [2.05, 4.69) is 27.1 Å². The molecule has 0 aromatic carbocycles. The normalized spacial score (nSPS) is 11.5. The average molecular weight is 262 g/mol. The van der Waals surface area contributed by atoms with Gasteiger partial charge in [-0.1, -0.05) is 30.5 Å². The van der Waals surface area contributed by atoms with Crippen LogP contribution in [0.4, 0.5) is 0 Å². The maximum Gasteiger partial charge on any atom is 0.234 e. The standard InChI is InChI=1S/C12H14N4OS/c1-3-5-10(6-4-2)15-11(17)9-18-12-13-7-8-14-16-12/h3-8H,1,9H2,2H3,(H,15,17)/b6-4-,10-5+. The zero-order valence-corrected chi connectivity index (χ0v) is 10.9. The molecule has 0 atom stereocenters. The summed E-state index contributed by atoms with van der Waals surface area (Å²) in [6.45, 7) is 5.46. The van der Waals surface area contributed by atoms with Crippen LogP contribution in [0, 0.1) is 0 Å². The van der Waals surface area contributed by atoms with Crippen LogP contribution in [0.3, 0.4) is 0 Å². The second-order valence-electron chi connectivity index (χ2n) is 3.12. The summed E-state index contributed by atoms with van der Waals surface area (Å²) in [7, 11) is 0. The molecule has 0 saturated carbocycles. The van der Waals surface area contributed by atoms with Crippen molar-refractivity contribution in [2.24, 2.45) is 0 Å². The molecule has 0 saturated heterocycles. The molecule has 94 valence electrons. The Morgan fingerprint density at radius 1 is 1.56 bits per heavy atom. The van der Waals surface area contributed by atoms with Gasteiger partial charge in [0.05, 0.1) is 18.1 Å². The number of carbonyl (C=O) groups excluding carboxylic acids is 1. The van der Waals surface area contributed by atoms with E-state index < -0.39 is 0 Å². The van der Waals surface area contributed by atoms with Crippen LogP contribution in [-0.2, 0) is 4.79 Å². The number of hydrogen-bond donors (Lipinski definition) is 1. The van der Waals surface area contributed by atoms with Crippen LogP contribution in [0.2, 0.25) is 0 Å². The molecule has 1 aromatic rings. The van der Waals surface area contributed by atoms with Crippen molar-refractivity contribution < 1.29 is 4.79 Å². The highest BCUT2D eigenvalue weighted by Gasteiger charge is 2.05. The number of hydrogen-bond acceptors (Lipinski definition) is 5. The van der Waals surface area contributed by atoms with Gasteiger partial charge < -0.3 is 5.32 Å². The van der Waals surface area contributed by atoms with Crippen LogP contribution in [0.15, 0.2) is 54.1 Å². The zero-order valence-electron chi connectivity index (χ0n) is 10.0. The van der Waals surface area contributed by atoms with Crippen LogP contribution in [0.25, 0.3) is 0 Å². The van der Waals surface area contributed by atoms with E-state index in [1.165, 1.54) is 24.2 Å². The third-order valence-corrected chi connectivity index (χ3v) is 2.57. The lowest BCUT2D eigenvalue weighted by atomic mass is 10.3. The van der Waals surface area contributed by atoms with Crippen molar-refractivity contribution in [1.29, 1.82) is 0 Å². The zero-order chi connectivity index (χ0) is 13.2. The Morgan fingerprint density at radius 2 is 2.39 bits per heavy atom. The predicted molar refractivity (Wildman–Crippen MR) is 71.8 cm³/mol. The summed E-state index contributed by atoms with van der Waals surface area (Å²) < 4.78 is 0. The van der Waals surface area contributed by atoms with Crippen molar-refractivity contribution in [2.75, 3.05) is 5.75 Å². The summed E-state index contributed by atoms with van der Waals surface area (Å²) in [4.78, 5) is 15.6. The van der Waals surface area contributed by atoms with Crippen LogP contribution in [0.5, 0.6) is 0 Å². The highest BCUT2D eigenvalue weighted by molar-refractivity contribution is 7.99. The third kappa shape index (κ3) is 5.40. The van der Waals surface area contributed by atoms with Crippen molar-refractivity contribution in [1.82, 2.24) is 20.5 Å². The van der Waals surface area contributed by atoms with E-state index >= 15 is 0 Å². The monoisotopic (exact) mass is 262 g/mol. The quantitative estimate of drug-likeness (QED) is 0.624. The first-order chi connectivity index (χ1) is 8.76. The van der Waals surface area contributed by atoms with E-state index in [9.17, 15) is 4.79 Å². The summed E-state index contributed by atoms with van der Waals surface area (Å²) >= 11 is 1.23. The molecule has 6 heteroatoms. The fraction of sp³-hybridized carbons (Fsp3) is 0.167. The van der Waals surface area contributed by atoms with Crippen molar-refractivity contribution in [3.8, 4) is 0 Å². The van der Waals surface area contributed by atoms with Gasteiger partial charge in [0, 0.05) is 5.70 Å². The summed E-state index contributed by atoms with van der Waals surface area (Å²) in [5.41, 5.74) is 0.699. The molecule has 1 amide bonds. The third-order valence-electron chi connectivity index (χ3n) is 1.72. The molecule has 1 rings (SSSR count). The fourth-order valence-corrected chi connectivity index (χ4v) is 1.65. The van der Waals surface area contributed by atoms with E-state index in [4.69, 9.17) is 0 Å². The highest BCUT2D eigenvalue weighted by atomic mass is 32.2. The van der Waals surface area contributed by atoms with Crippen molar-refractivity contribution in [3.63, 3.8) is 0 Å². The molecule has 0 bridgehead atoms. The SMILES string of the molecule is C=C/C=C(\C=C/C)NC(=O)CSc1nccnn1. The number of allylic oxidation sites excluding steroid dienone is 4. The number of thioether (sulfide) groups is 1. The molecule has 1 heterocycles. The summed E-state index contributed by atoms with van der Waals surface area (Å²) in [6, 6.07) is 0. The molecule has 0 aliphatic heterocycles. The molecule has 0 aliphatic carbocycles. The number of nitrogens with zero attached hydrogens (tertiary/aromatic N) is 3. The minimum absolute atomic E-state index is 0.126. The summed E-state index contributed by atoms with van der Waals surface area (Å²) in [5.74, 6) is 0.108. The lowest BCUT2D eigenvalue weighted by molar-refractivity contribution is -0.117. The molecular formula is C12H14N4OS. The lowest BCUT2D eigenvalue weighted by Gasteiger charge is -2.04. The predicted octanol–water partition coefficient (Wildman–Crippen LogP) is 1.73. The Kier molecular flexibility index (Phi) is 6.42. The van der Waals surface area contributed by atoms with Gasteiger partial charge in [-0.3, -0.25) is 4.79 Å². The van der Waals surface area contributed by atoms with E-state index in [0.29, 0.717) is 10.9 Å². The molecule has 18 heavy (non-hydrogen) atoms. The van der Waals surface area contributed by atoms with E-state index in [1.54, 1.807) is 18.2 Å².